The van der Waals surface area contributed by atoms with Crippen molar-refractivity contribution in [2.24, 2.45) is 0 Å². The molecule has 0 radical (unpaired) electrons. The van der Waals surface area contributed by atoms with E-state index in [0.717, 1.165) is 22.8 Å². The minimum atomic E-state index is -0.409. The van der Waals surface area contributed by atoms with Gasteiger partial charge in [-0.3, -0.25) is 14.9 Å². The lowest BCUT2D eigenvalue weighted by Gasteiger charge is -2.06. The van der Waals surface area contributed by atoms with Gasteiger partial charge in [0, 0.05) is 22.2 Å². The summed E-state index contributed by atoms with van der Waals surface area (Å²) >= 11 is 4.49. The first-order chi connectivity index (χ1) is 14.4. The summed E-state index contributed by atoms with van der Waals surface area (Å²) in [6.45, 7) is 3.75. The Morgan fingerprint density at radius 1 is 1.03 bits per heavy atom. The van der Waals surface area contributed by atoms with Gasteiger partial charge in [-0.05, 0) is 66.2 Å². The molecule has 7 nitrogen and oxygen atoms in total. The van der Waals surface area contributed by atoms with Crippen LogP contribution in [-0.2, 0) is 0 Å². The second-order valence-corrected chi connectivity index (χ2v) is 8.10. The molecule has 0 aliphatic rings. The molecule has 0 atom stereocenters. The molecule has 1 aromatic carbocycles. The maximum Gasteiger partial charge on any atom is 0.291 e. The van der Waals surface area contributed by atoms with E-state index in [2.05, 4.69) is 31.5 Å². The molecule has 0 aliphatic carbocycles. The van der Waals surface area contributed by atoms with Gasteiger partial charge in [0.25, 0.3) is 11.8 Å². The lowest BCUT2D eigenvalue weighted by Crippen LogP contribution is -2.14. The Labute approximate surface area is 184 Å². The zero-order valence-corrected chi connectivity index (χ0v) is 18.4. The van der Waals surface area contributed by atoms with Gasteiger partial charge in [-0.2, -0.15) is 0 Å². The minimum absolute atomic E-state index is 0.164. The van der Waals surface area contributed by atoms with Gasteiger partial charge < -0.3 is 14.2 Å². The van der Waals surface area contributed by atoms with Crippen molar-refractivity contribution < 1.29 is 18.4 Å². The number of amides is 2. The fourth-order valence-electron chi connectivity index (χ4n) is 2.88. The Balaban J connectivity index is 1.46. The fraction of sp³-hybridized carbons (Fsp3) is 0.0952. The zero-order chi connectivity index (χ0) is 21.3. The van der Waals surface area contributed by atoms with Crippen LogP contribution in [0.1, 0.15) is 32.4 Å². The first-order valence-corrected chi connectivity index (χ1v) is 10.6. The Hall–Kier alpha value is -3.17. The second-order valence-electron chi connectivity index (χ2n) is 6.46. The van der Waals surface area contributed by atoms with Crippen molar-refractivity contribution in [2.75, 3.05) is 10.6 Å². The smallest absolute Gasteiger partial charge is 0.291 e. The van der Waals surface area contributed by atoms with Crippen LogP contribution in [0.5, 0.6) is 0 Å². The molecule has 0 saturated heterocycles. The molecule has 0 fully saturated rings. The molecule has 4 aromatic rings. The van der Waals surface area contributed by atoms with E-state index >= 15 is 0 Å². The molecule has 3 aromatic heterocycles. The number of benzene rings is 1. The van der Waals surface area contributed by atoms with Crippen LogP contribution in [-0.4, -0.2) is 16.8 Å². The van der Waals surface area contributed by atoms with Crippen LogP contribution in [0, 0.1) is 13.8 Å². The number of anilines is 2. The Kier molecular flexibility index (Phi) is 5.56. The third-order valence-electron chi connectivity index (χ3n) is 4.22. The highest BCUT2D eigenvalue weighted by Gasteiger charge is 2.15. The van der Waals surface area contributed by atoms with E-state index in [9.17, 15) is 9.59 Å². The maximum absolute atomic E-state index is 12.6. The zero-order valence-electron chi connectivity index (χ0n) is 16.0. The van der Waals surface area contributed by atoms with E-state index < -0.39 is 5.91 Å². The summed E-state index contributed by atoms with van der Waals surface area (Å²) in [6, 6.07) is 11.7. The van der Waals surface area contributed by atoms with Gasteiger partial charge in [-0.1, -0.05) is 6.07 Å². The van der Waals surface area contributed by atoms with Crippen LogP contribution in [0.3, 0.4) is 0 Å². The van der Waals surface area contributed by atoms with Gasteiger partial charge in [-0.25, -0.2) is 4.98 Å². The van der Waals surface area contributed by atoms with Crippen LogP contribution in [0.15, 0.2) is 61.3 Å². The largest absolute Gasteiger partial charge is 0.466 e. The van der Waals surface area contributed by atoms with Crippen molar-refractivity contribution in [3.63, 3.8) is 0 Å². The summed E-state index contributed by atoms with van der Waals surface area (Å²) in [4.78, 5) is 29.3. The highest BCUT2D eigenvalue weighted by Crippen LogP contribution is 2.30. The summed E-state index contributed by atoms with van der Waals surface area (Å²) < 4.78 is 11.2. The molecule has 0 bridgehead atoms. The number of halogens is 1. The van der Waals surface area contributed by atoms with Crippen molar-refractivity contribution in [3.8, 4) is 11.3 Å². The highest BCUT2D eigenvalue weighted by molar-refractivity contribution is 9.10. The Bertz CT molecular complexity index is 1240. The minimum Gasteiger partial charge on any atom is -0.466 e. The average molecular weight is 486 g/mol. The molecule has 0 spiro atoms. The van der Waals surface area contributed by atoms with E-state index in [1.807, 2.05) is 25.3 Å². The van der Waals surface area contributed by atoms with Crippen LogP contribution in [0.4, 0.5) is 10.8 Å². The fourth-order valence-corrected chi connectivity index (χ4v) is 3.89. The third-order valence-corrected chi connectivity index (χ3v) is 5.41. The van der Waals surface area contributed by atoms with Gasteiger partial charge in [0.05, 0.1) is 5.69 Å². The molecule has 3 heterocycles. The van der Waals surface area contributed by atoms with Crippen LogP contribution < -0.4 is 10.6 Å². The number of carbonyl (C=O) groups excluding carboxylic acids is 2. The predicted molar refractivity (Wildman–Crippen MR) is 118 cm³/mol. The number of aryl methyl sites for hydroxylation is 2. The summed E-state index contributed by atoms with van der Waals surface area (Å²) in [6.07, 6.45) is 0. The highest BCUT2D eigenvalue weighted by atomic mass is 79.9. The van der Waals surface area contributed by atoms with Gasteiger partial charge in [0.2, 0.25) is 0 Å². The number of carbonyl (C=O) groups is 2. The van der Waals surface area contributed by atoms with Crippen molar-refractivity contribution >= 4 is 49.9 Å². The standard InChI is InChI=1S/C21H16BrN3O4S/c1-11-8-15(12(2)28-11)16-10-30-21(24-16)25-19(26)13-4-3-5-14(9-13)23-20(27)17-6-7-18(22)29-17/h3-10H,1-2H3,(H,23,27)(H,24,25,26). The van der Waals surface area contributed by atoms with Crippen molar-refractivity contribution in [1.29, 1.82) is 0 Å². The maximum atomic E-state index is 12.6. The Morgan fingerprint density at radius 3 is 2.57 bits per heavy atom. The molecular formula is C21H16BrN3O4S. The average Bonchev–Trinajstić information content (AvgIpc) is 3.42. The molecular weight excluding hydrogens is 470 g/mol. The molecule has 2 N–H and O–H groups in total. The van der Waals surface area contributed by atoms with E-state index in [1.165, 1.54) is 11.3 Å². The molecule has 0 unspecified atom stereocenters. The molecule has 0 saturated carbocycles. The topological polar surface area (TPSA) is 97.4 Å². The van der Waals surface area contributed by atoms with Crippen molar-refractivity contribution in [2.45, 2.75) is 13.8 Å². The van der Waals surface area contributed by atoms with E-state index in [4.69, 9.17) is 8.83 Å². The van der Waals surface area contributed by atoms with Gasteiger partial charge in [-0.15, -0.1) is 11.3 Å². The molecule has 0 aliphatic heterocycles. The lowest BCUT2D eigenvalue weighted by molar-refractivity contribution is 0.0992. The van der Waals surface area contributed by atoms with E-state index in [0.29, 0.717) is 21.1 Å². The van der Waals surface area contributed by atoms with Crippen LogP contribution in [0.2, 0.25) is 0 Å². The van der Waals surface area contributed by atoms with Crippen LogP contribution in [0.25, 0.3) is 11.3 Å². The summed E-state index contributed by atoms with van der Waals surface area (Å²) in [5.41, 5.74) is 2.51. The number of rotatable bonds is 5. The SMILES string of the molecule is Cc1cc(-c2csc(NC(=O)c3cccc(NC(=O)c4ccc(Br)o4)c3)n2)c(C)o1. The first kappa shape index (κ1) is 20.1. The van der Waals surface area contributed by atoms with Gasteiger partial charge in [0.1, 0.15) is 11.5 Å². The van der Waals surface area contributed by atoms with E-state index in [1.54, 1.807) is 36.4 Å². The number of thiazole rings is 1. The first-order valence-electron chi connectivity index (χ1n) is 8.90. The number of hydrogen-bond donors (Lipinski definition) is 2. The molecule has 9 heteroatoms. The summed E-state index contributed by atoms with van der Waals surface area (Å²) in [5, 5.41) is 7.84. The monoisotopic (exact) mass is 485 g/mol. The molecule has 2 amide bonds. The summed E-state index contributed by atoms with van der Waals surface area (Å²) in [7, 11) is 0. The van der Waals surface area contributed by atoms with E-state index in [-0.39, 0.29) is 11.7 Å². The number of aromatic nitrogens is 1. The number of furan rings is 2. The normalized spacial score (nSPS) is 10.8. The second kappa shape index (κ2) is 8.29. The lowest BCUT2D eigenvalue weighted by atomic mass is 10.2. The van der Waals surface area contributed by atoms with Crippen molar-refractivity contribution in [3.05, 3.63) is 75.4 Å². The third kappa shape index (κ3) is 4.37. The number of nitrogens with one attached hydrogen (secondary N) is 2. The molecule has 4 rings (SSSR count). The molecule has 30 heavy (non-hydrogen) atoms. The predicted octanol–water partition coefficient (Wildman–Crippen LogP) is 5.88. The Morgan fingerprint density at radius 2 is 1.87 bits per heavy atom. The van der Waals surface area contributed by atoms with Crippen molar-refractivity contribution in [1.82, 2.24) is 4.98 Å². The number of nitrogens with zero attached hydrogens (tertiary/aromatic N) is 1. The quantitative estimate of drug-likeness (QED) is 0.367. The van der Waals surface area contributed by atoms with Crippen LogP contribution >= 0.6 is 27.3 Å². The van der Waals surface area contributed by atoms with Gasteiger partial charge in [0.15, 0.2) is 15.6 Å². The number of hydrogen-bond acceptors (Lipinski definition) is 6. The van der Waals surface area contributed by atoms with Gasteiger partial charge >= 0.3 is 0 Å². The molecule has 152 valence electrons. The summed E-state index contributed by atoms with van der Waals surface area (Å²) in [5.74, 6) is 1.02.